The Morgan fingerprint density at radius 1 is 1.26 bits per heavy atom. The summed E-state index contributed by atoms with van der Waals surface area (Å²) in [6.45, 7) is 3.61. The van der Waals surface area contributed by atoms with Crippen LogP contribution in [0.5, 0.6) is 5.75 Å². The molecule has 1 fully saturated rings. The summed E-state index contributed by atoms with van der Waals surface area (Å²) in [6.07, 6.45) is 0.127. The van der Waals surface area contributed by atoms with Gasteiger partial charge in [0.25, 0.3) is 0 Å². The summed E-state index contributed by atoms with van der Waals surface area (Å²) in [5.74, 6) is 0.270. The number of likely N-dealkylation sites (tertiary alicyclic amines) is 1. The molecule has 0 spiro atoms. The van der Waals surface area contributed by atoms with Crippen LogP contribution in [-0.2, 0) is 9.47 Å². The summed E-state index contributed by atoms with van der Waals surface area (Å²) < 4.78 is 10.9. The average Bonchev–Trinajstić information content (AvgIpc) is 2.84. The van der Waals surface area contributed by atoms with Crippen molar-refractivity contribution in [2.24, 2.45) is 0 Å². The molecule has 0 bridgehead atoms. The Bertz CT molecular complexity index is 429. The topological polar surface area (TPSA) is 41.9 Å². The fourth-order valence-electron chi connectivity index (χ4n) is 2.60. The summed E-state index contributed by atoms with van der Waals surface area (Å²) in [7, 11) is 3.39. The third-order valence-electron chi connectivity index (χ3n) is 3.84. The van der Waals surface area contributed by atoms with E-state index in [2.05, 4.69) is 11.8 Å². The van der Waals surface area contributed by atoms with Crippen LogP contribution in [0.4, 0.5) is 0 Å². The first-order chi connectivity index (χ1) is 9.06. The van der Waals surface area contributed by atoms with E-state index in [-0.39, 0.29) is 24.0 Å². The van der Waals surface area contributed by atoms with Crippen LogP contribution < -0.4 is 0 Å². The van der Waals surface area contributed by atoms with Gasteiger partial charge in [-0.3, -0.25) is 4.90 Å². The summed E-state index contributed by atoms with van der Waals surface area (Å²) in [6, 6.07) is 5.19. The molecule has 19 heavy (non-hydrogen) atoms. The van der Waals surface area contributed by atoms with Gasteiger partial charge in [-0.1, -0.05) is 11.6 Å². The predicted molar refractivity (Wildman–Crippen MR) is 74.7 cm³/mol. The maximum Gasteiger partial charge on any atom is 0.120 e. The Kier molecular flexibility index (Phi) is 4.68. The van der Waals surface area contributed by atoms with Crippen LogP contribution >= 0.6 is 11.6 Å². The van der Waals surface area contributed by atoms with Gasteiger partial charge in [-0.15, -0.1) is 0 Å². The lowest BCUT2D eigenvalue weighted by atomic mass is 10.1. The largest absolute Gasteiger partial charge is 0.508 e. The number of hydrogen-bond acceptors (Lipinski definition) is 4. The third kappa shape index (κ3) is 3.03. The molecule has 1 N–H and O–H groups in total. The number of benzene rings is 1. The van der Waals surface area contributed by atoms with E-state index >= 15 is 0 Å². The number of ether oxygens (including phenoxy) is 2. The molecule has 1 aliphatic heterocycles. The second kappa shape index (κ2) is 6.09. The van der Waals surface area contributed by atoms with Crippen LogP contribution in [-0.4, -0.2) is 49.5 Å². The Balaban J connectivity index is 2.16. The van der Waals surface area contributed by atoms with Crippen LogP contribution in [0.2, 0.25) is 5.02 Å². The van der Waals surface area contributed by atoms with Crippen LogP contribution in [0.3, 0.4) is 0 Å². The van der Waals surface area contributed by atoms with Gasteiger partial charge in [0, 0.05) is 43.9 Å². The second-order valence-corrected chi connectivity index (χ2v) is 5.32. The summed E-state index contributed by atoms with van der Waals surface area (Å²) in [5.41, 5.74) is 0.833. The molecule has 1 saturated heterocycles. The quantitative estimate of drug-likeness (QED) is 0.923. The van der Waals surface area contributed by atoms with Gasteiger partial charge in [-0.25, -0.2) is 0 Å². The number of aromatic hydroxyl groups is 1. The first kappa shape index (κ1) is 14.6. The van der Waals surface area contributed by atoms with Crippen molar-refractivity contribution in [1.29, 1.82) is 0 Å². The van der Waals surface area contributed by atoms with Gasteiger partial charge >= 0.3 is 0 Å². The highest BCUT2D eigenvalue weighted by molar-refractivity contribution is 6.30. The number of phenols is 1. The van der Waals surface area contributed by atoms with E-state index in [1.165, 1.54) is 0 Å². The molecule has 1 aliphatic rings. The van der Waals surface area contributed by atoms with Crippen molar-refractivity contribution in [3.05, 3.63) is 28.8 Å². The van der Waals surface area contributed by atoms with Crippen LogP contribution in [0.1, 0.15) is 18.5 Å². The molecule has 0 saturated carbocycles. The highest BCUT2D eigenvalue weighted by Crippen LogP contribution is 2.33. The van der Waals surface area contributed by atoms with Gasteiger partial charge in [0.05, 0.1) is 12.2 Å². The van der Waals surface area contributed by atoms with E-state index in [1.54, 1.807) is 26.4 Å². The molecule has 3 unspecified atom stereocenters. The van der Waals surface area contributed by atoms with Crippen molar-refractivity contribution in [3.8, 4) is 5.75 Å². The zero-order valence-corrected chi connectivity index (χ0v) is 12.2. The third-order valence-corrected chi connectivity index (χ3v) is 4.07. The summed E-state index contributed by atoms with van der Waals surface area (Å²) in [4.78, 5) is 2.23. The monoisotopic (exact) mass is 285 g/mol. The average molecular weight is 286 g/mol. The van der Waals surface area contributed by atoms with E-state index in [0.29, 0.717) is 5.02 Å². The summed E-state index contributed by atoms with van der Waals surface area (Å²) in [5, 5.41) is 10.6. The Hall–Kier alpha value is -0.810. The molecule has 1 aromatic carbocycles. The fraction of sp³-hybridized carbons (Fsp3) is 0.571. The molecule has 0 radical (unpaired) electrons. The zero-order chi connectivity index (χ0) is 14.0. The van der Waals surface area contributed by atoms with Gasteiger partial charge in [0.1, 0.15) is 5.75 Å². The predicted octanol–water partition coefficient (Wildman–Crippen LogP) is 2.45. The van der Waals surface area contributed by atoms with Crippen LogP contribution in [0, 0.1) is 0 Å². The molecular formula is C14H20ClNO3. The maximum atomic E-state index is 9.96. The van der Waals surface area contributed by atoms with E-state index in [9.17, 15) is 5.11 Å². The highest BCUT2D eigenvalue weighted by Gasteiger charge is 2.36. The van der Waals surface area contributed by atoms with Crippen molar-refractivity contribution < 1.29 is 14.6 Å². The number of methoxy groups -OCH3 is 2. The number of hydrogen-bond donors (Lipinski definition) is 1. The SMILES string of the molecule is COC1CN(C(C)c2cc(Cl)ccc2O)CC1OC. The number of nitrogens with zero attached hydrogens (tertiary/aromatic N) is 1. The van der Waals surface area contributed by atoms with E-state index < -0.39 is 0 Å². The molecule has 2 rings (SSSR count). The van der Waals surface area contributed by atoms with Crippen molar-refractivity contribution in [2.45, 2.75) is 25.2 Å². The first-order valence-corrected chi connectivity index (χ1v) is 6.72. The minimum atomic E-state index is 0.0637. The molecule has 0 aliphatic carbocycles. The van der Waals surface area contributed by atoms with Gasteiger partial charge < -0.3 is 14.6 Å². The van der Waals surface area contributed by atoms with Gasteiger partial charge in [-0.2, -0.15) is 0 Å². The number of halogens is 1. The van der Waals surface area contributed by atoms with Gasteiger partial charge in [0.15, 0.2) is 0 Å². The fourth-order valence-corrected chi connectivity index (χ4v) is 2.78. The normalized spacial score (nSPS) is 25.7. The smallest absolute Gasteiger partial charge is 0.120 e. The maximum absolute atomic E-state index is 9.96. The van der Waals surface area contributed by atoms with E-state index in [1.807, 2.05) is 6.07 Å². The minimum absolute atomic E-state index is 0.0637. The van der Waals surface area contributed by atoms with Crippen molar-refractivity contribution >= 4 is 11.6 Å². The highest BCUT2D eigenvalue weighted by atomic mass is 35.5. The zero-order valence-electron chi connectivity index (χ0n) is 11.5. The molecule has 106 valence electrons. The first-order valence-electron chi connectivity index (χ1n) is 6.35. The molecule has 1 aromatic rings. The van der Waals surface area contributed by atoms with Crippen LogP contribution in [0.15, 0.2) is 18.2 Å². The van der Waals surface area contributed by atoms with Gasteiger partial charge in [-0.05, 0) is 25.1 Å². The van der Waals surface area contributed by atoms with Crippen LogP contribution in [0.25, 0.3) is 0 Å². The lowest BCUT2D eigenvalue weighted by Gasteiger charge is -2.25. The van der Waals surface area contributed by atoms with Gasteiger partial charge in [0.2, 0.25) is 0 Å². The lowest BCUT2D eigenvalue weighted by molar-refractivity contribution is -0.00461. The molecule has 0 aromatic heterocycles. The molecular weight excluding hydrogens is 266 g/mol. The second-order valence-electron chi connectivity index (χ2n) is 4.88. The number of phenolic OH excluding ortho intramolecular Hbond substituents is 1. The number of rotatable bonds is 4. The molecule has 5 heteroatoms. The Morgan fingerprint density at radius 3 is 2.37 bits per heavy atom. The molecule has 0 amide bonds. The standard InChI is InChI=1S/C14H20ClNO3/c1-9(11-6-10(15)4-5-12(11)17)16-7-13(18-2)14(8-16)19-3/h4-6,9,13-14,17H,7-8H2,1-3H3. The lowest BCUT2D eigenvalue weighted by Crippen LogP contribution is -2.27. The van der Waals surface area contributed by atoms with Crippen molar-refractivity contribution in [1.82, 2.24) is 4.90 Å². The summed E-state index contributed by atoms with van der Waals surface area (Å²) >= 11 is 6.00. The Morgan fingerprint density at radius 2 is 1.84 bits per heavy atom. The Labute approximate surface area is 118 Å². The van der Waals surface area contributed by atoms with E-state index in [4.69, 9.17) is 21.1 Å². The molecule has 3 atom stereocenters. The minimum Gasteiger partial charge on any atom is -0.508 e. The molecule has 1 heterocycles. The van der Waals surface area contributed by atoms with E-state index in [0.717, 1.165) is 18.7 Å². The molecule has 4 nitrogen and oxygen atoms in total. The van der Waals surface area contributed by atoms with Crippen molar-refractivity contribution in [2.75, 3.05) is 27.3 Å². The van der Waals surface area contributed by atoms with Crippen molar-refractivity contribution in [3.63, 3.8) is 0 Å².